The zero-order valence-corrected chi connectivity index (χ0v) is 18.4. The minimum absolute atomic E-state index is 0.00776. The second-order valence-corrected chi connectivity index (χ2v) is 8.38. The van der Waals surface area contributed by atoms with Crippen molar-refractivity contribution in [3.05, 3.63) is 53.1 Å². The number of amides is 3. The number of nitrogens with one attached hydrogen (secondary N) is 1. The average molecular weight is 465 g/mol. The van der Waals surface area contributed by atoms with Gasteiger partial charge in [0.2, 0.25) is 5.91 Å². The summed E-state index contributed by atoms with van der Waals surface area (Å²) in [5, 5.41) is 2.44. The third-order valence-corrected chi connectivity index (χ3v) is 5.27. The Morgan fingerprint density at radius 1 is 1.22 bits per heavy atom. The van der Waals surface area contributed by atoms with Crippen molar-refractivity contribution < 1.29 is 37.8 Å². The highest BCUT2D eigenvalue weighted by molar-refractivity contribution is 7.90. The van der Waals surface area contributed by atoms with E-state index in [1.54, 1.807) is 6.92 Å². The van der Waals surface area contributed by atoms with Crippen molar-refractivity contribution in [2.75, 3.05) is 31.0 Å². The minimum Gasteiger partial charge on any atom is -0.493 e. The first-order chi connectivity index (χ1) is 16.7. The second-order valence-electron chi connectivity index (χ2n) is 6.86. The van der Waals surface area contributed by atoms with E-state index in [1.807, 2.05) is 0 Å². The van der Waals surface area contributed by atoms with Crippen molar-refractivity contribution in [1.29, 1.82) is 0 Å². The smallest absolute Gasteiger partial charge is 0.264 e. The first-order valence-corrected chi connectivity index (χ1v) is 11.2. The summed E-state index contributed by atoms with van der Waals surface area (Å²) in [5.41, 5.74) is -0.617. The van der Waals surface area contributed by atoms with Crippen molar-refractivity contribution in [2.45, 2.75) is 19.9 Å². The van der Waals surface area contributed by atoms with Gasteiger partial charge >= 0.3 is 0 Å². The lowest BCUT2D eigenvalue weighted by Crippen LogP contribution is -2.37. The molecule has 1 atom stereocenters. The van der Waals surface area contributed by atoms with Gasteiger partial charge in [0.1, 0.15) is 9.84 Å². The summed E-state index contributed by atoms with van der Waals surface area (Å²) in [6, 6.07) is 5.19. The monoisotopic (exact) mass is 464 g/mol. The fourth-order valence-electron chi connectivity index (χ4n) is 3.41. The van der Waals surface area contributed by atoms with Crippen LogP contribution in [0.15, 0.2) is 36.4 Å². The number of anilines is 1. The van der Waals surface area contributed by atoms with Gasteiger partial charge in [-0.25, -0.2) is 8.42 Å². The third-order valence-electron chi connectivity index (χ3n) is 4.62. The number of hydrogen-bond acceptors (Lipinski definition) is 7. The number of rotatable bonds is 8. The number of imide groups is 1. The van der Waals surface area contributed by atoms with Gasteiger partial charge in [-0.2, -0.15) is 0 Å². The molecule has 32 heavy (non-hydrogen) atoms. The van der Waals surface area contributed by atoms with E-state index in [0.29, 0.717) is 4.90 Å². The molecule has 1 N–H and O–H groups in total. The molecule has 0 unspecified atom stereocenters. The molecular weight excluding hydrogens is 436 g/mol. The van der Waals surface area contributed by atoms with Crippen LogP contribution >= 0.6 is 0 Å². The SMILES string of the molecule is [2H]C([2H])([2H])S(=O)(=O)C[C@]([2H])(c1ccc(OC)c(OCC)c1)N1C(=O)c2cccc(NC(C)=O)c2C1=O. The average Bonchev–Trinajstić information content (AvgIpc) is 3.03. The highest BCUT2D eigenvalue weighted by atomic mass is 32.2. The van der Waals surface area contributed by atoms with Crippen LogP contribution in [0.5, 0.6) is 11.5 Å². The Bertz CT molecular complexity index is 1340. The third kappa shape index (κ3) is 4.59. The van der Waals surface area contributed by atoms with Crippen LogP contribution in [0.25, 0.3) is 0 Å². The Morgan fingerprint density at radius 3 is 2.59 bits per heavy atom. The molecule has 0 saturated carbocycles. The first kappa shape index (κ1) is 18.2. The number of nitrogens with zero attached hydrogens (tertiary/aromatic N) is 1. The van der Waals surface area contributed by atoms with E-state index in [1.165, 1.54) is 50.4 Å². The maximum Gasteiger partial charge on any atom is 0.264 e. The van der Waals surface area contributed by atoms with E-state index in [9.17, 15) is 24.2 Å². The zero-order valence-electron chi connectivity index (χ0n) is 21.6. The number of hydrogen-bond donors (Lipinski definition) is 1. The molecule has 2 aromatic carbocycles. The van der Waals surface area contributed by atoms with E-state index >= 15 is 0 Å². The Hall–Kier alpha value is -3.40. The van der Waals surface area contributed by atoms with Gasteiger partial charge in [-0.1, -0.05) is 12.1 Å². The molecule has 0 saturated heterocycles. The number of sulfone groups is 1. The van der Waals surface area contributed by atoms with Crippen LogP contribution in [0.2, 0.25) is 0 Å². The quantitative estimate of drug-likeness (QED) is 0.596. The fraction of sp³-hybridized carbons (Fsp3) is 0.318. The zero-order chi connectivity index (χ0) is 27.1. The number of carbonyl (C=O) groups is 3. The van der Waals surface area contributed by atoms with Crippen molar-refractivity contribution in [2.24, 2.45) is 0 Å². The Balaban J connectivity index is 2.27. The van der Waals surface area contributed by atoms with Crippen molar-refractivity contribution in [3.8, 4) is 11.5 Å². The molecule has 10 heteroatoms. The number of ether oxygens (including phenoxy) is 2. The molecule has 3 amide bonds. The molecule has 1 heterocycles. The molecule has 170 valence electrons. The Kier molecular flexibility index (Phi) is 5.11. The van der Waals surface area contributed by atoms with Crippen LogP contribution in [-0.2, 0) is 14.6 Å². The van der Waals surface area contributed by atoms with Gasteiger partial charge < -0.3 is 14.8 Å². The summed E-state index contributed by atoms with van der Waals surface area (Å²) in [4.78, 5) is 39.0. The largest absolute Gasteiger partial charge is 0.493 e. The topological polar surface area (TPSA) is 119 Å². The van der Waals surface area contributed by atoms with Crippen molar-refractivity contribution in [1.82, 2.24) is 4.90 Å². The molecule has 0 fully saturated rings. The lowest BCUT2D eigenvalue weighted by Gasteiger charge is -2.27. The maximum absolute atomic E-state index is 13.5. The summed E-state index contributed by atoms with van der Waals surface area (Å²) < 4.78 is 67.8. The molecule has 0 aromatic heterocycles. The van der Waals surface area contributed by atoms with Gasteiger partial charge in [-0.15, -0.1) is 0 Å². The summed E-state index contributed by atoms with van der Waals surface area (Å²) in [6.07, 6.45) is -3.52. The van der Waals surface area contributed by atoms with Gasteiger partial charge in [0.05, 0.1) is 43.7 Å². The number of benzene rings is 2. The molecule has 1 aliphatic heterocycles. The second kappa shape index (κ2) is 8.99. The molecule has 0 spiro atoms. The Labute approximate surface area is 191 Å². The molecule has 1 aliphatic rings. The number of fused-ring (bicyclic) bond motifs is 1. The van der Waals surface area contributed by atoms with Crippen LogP contribution in [0.1, 0.15) is 51.6 Å². The van der Waals surface area contributed by atoms with Crippen molar-refractivity contribution >= 4 is 33.2 Å². The Morgan fingerprint density at radius 2 is 1.97 bits per heavy atom. The molecule has 9 nitrogen and oxygen atoms in total. The molecule has 0 radical (unpaired) electrons. The molecule has 3 rings (SSSR count). The van der Waals surface area contributed by atoms with Gasteiger partial charge in [0, 0.05) is 17.2 Å². The van der Waals surface area contributed by atoms with Gasteiger partial charge in [-0.05, 0) is 36.8 Å². The normalized spacial score (nSPS) is 17.4. The van der Waals surface area contributed by atoms with Crippen LogP contribution in [0, 0.1) is 0 Å². The number of methoxy groups -OCH3 is 1. The molecule has 2 aromatic rings. The lowest BCUT2D eigenvalue weighted by molar-refractivity contribution is -0.114. The predicted octanol–water partition coefficient (Wildman–Crippen LogP) is 2.43. The van der Waals surface area contributed by atoms with Gasteiger partial charge in [-0.3, -0.25) is 19.3 Å². The lowest BCUT2D eigenvalue weighted by atomic mass is 10.1. The highest BCUT2D eigenvalue weighted by Gasteiger charge is 2.43. The van der Waals surface area contributed by atoms with Gasteiger partial charge in [0.15, 0.2) is 11.5 Å². The van der Waals surface area contributed by atoms with Crippen LogP contribution in [0.4, 0.5) is 5.69 Å². The summed E-state index contributed by atoms with van der Waals surface area (Å²) in [7, 11) is -3.66. The summed E-state index contributed by atoms with van der Waals surface area (Å²) >= 11 is 0. The van der Waals surface area contributed by atoms with E-state index in [2.05, 4.69) is 5.32 Å². The standard InChI is InChI=1S/C22H24N2O7S/c1-5-31-19-11-14(9-10-18(19)30-3)17(12-32(4,28)29)24-21(26)15-7-6-8-16(23-13(2)25)20(15)22(24)27/h6-11,17H,5,12H2,1-4H3,(H,23,25)/t17-/m1/s1/i4D3,17D. The fourth-order valence-corrected chi connectivity index (χ4v) is 4.06. The van der Waals surface area contributed by atoms with Crippen molar-refractivity contribution in [3.63, 3.8) is 0 Å². The summed E-state index contributed by atoms with van der Waals surface area (Å²) in [6.45, 7) is 3.04. The van der Waals surface area contributed by atoms with E-state index in [-0.39, 0.29) is 40.5 Å². The molecule has 0 bridgehead atoms. The van der Waals surface area contributed by atoms with Crippen LogP contribution < -0.4 is 14.8 Å². The van der Waals surface area contributed by atoms with E-state index in [4.69, 9.17) is 13.6 Å². The first-order valence-electron chi connectivity index (χ1n) is 11.5. The maximum atomic E-state index is 13.5. The summed E-state index contributed by atoms with van der Waals surface area (Å²) in [5.74, 6) is -3.71. The van der Waals surface area contributed by atoms with Crippen LogP contribution in [-0.4, -0.2) is 56.7 Å². The van der Waals surface area contributed by atoms with E-state index in [0.717, 1.165) is 0 Å². The number of carbonyl (C=O) groups excluding carboxylic acids is 3. The van der Waals surface area contributed by atoms with E-state index < -0.39 is 45.5 Å². The van der Waals surface area contributed by atoms with Gasteiger partial charge in [0.25, 0.3) is 11.8 Å². The highest BCUT2D eigenvalue weighted by Crippen LogP contribution is 2.38. The molecule has 0 aliphatic carbocycles. The van der Waals surface area contributed by atoms with Crippen LogP contribution in [0.3, 0.4) is 0 Å². The molecular formula is C22H24N2O7S. The minimum atomic E-state index is -5.02. The predicted molar refractivity (Wildman–Crippen MR) is 118 cm³/mol.